The lowest BCUT2D eigenvalue weighted by molar-refractivity contribution is 0.122. The molecular formula is C19H21BrN6O3S. The van der Waals surface area contributed by atoms with Gasteiger partial charge in [-0.15, -0.1) is 0 Å². The fraction of sp³-hybridized carbons (Fsp3) is 0.421. The lowest BCUT2D eigenvalue weighted by Gasteiger charge is -2.35. The molecular weight excluding hydrogens is 472 g/mol. The average molecular weight is 493 g/mol. The molecule has 2 fully saturated rings. The van der Waals surface area contributed by atoms with Crippen LogP contribution in [0.25, 0.3) is 0 Å². The largest absolute Gasteiger partial charge is 0.378 e. The molecule has 2 saturated heterocycles. The van der Waals surface area contributed by atoms with Crippen molar-refractivity contribution < 1.29 is 13.2 Å². The molecule has 2 aliphatic rings. The van der Waals surface area contributed by atoms with Crippen LogP contribution in [-0.2, 0) is 14.8 Å². The summed E-state index contributed by atoms with van der Waals surface area (Å²) < 4.78 is 33.5. The highest BCUT2D eigenvalue weighted by molar-refractivity contribution is 9.10. The van der Waals surface area contributed by atoms with Crippen molar-refractivity contribution in [1.82, 2.24) is 14.3 Å². The van der Waals surface area contributed by atoms with Crippen molar-refractivity contribution >= 4 is 37.7 Å². The summed E-state index contributed by atoms with van der Waals surface area (Å²) in [6.07, 6.45) is 1.74. The van der Waals surface area contributed by atoms with Gasteiger partial charge in [-0.1, -0.05) is 0 Å². The SMILES string of the molecule is N#Cc1ccc(S(=O)(=O)N2CCN(c3nc(N4CCOCC4)ncc3Br)CC2)cc1. The summed E-state index contributed by atoms with van der Waals surface area (Å²) in [5.74, 6) is 1.42. The molecule has 2 aromatic rings. The lowest BCUT2D eigenvalue weighted by atomic mass is 10.2. The highest BCUT2D eigenvalue weighted by atomic mass is 79.9. The molecule has 1 aromatic carbocycles. The van der Waals surface area contributed by atoms with E-state index in [1.807, 2.05) is 6.07 Å². The number of hydrogen-bond donors (Lipinski definition) is 0. The first-order valence-electron chi connectivity index (χ1n) is 9.59. The van der Waals surface area contributed by atoms with Gasteiger partial charge in [0.1, 0.15) is 5.82 Å². The fourth-order valence-electron chi connectivity index (χ4n) is 3.48. The van der Waals surface area contributed by atoms with E-state index in [4.69, 9.17) is 15.0 Å². The Morgan fingerprint density at radius 3 is 2.30 bits per heavy atom. The van der Waals surface area contributed by atoms with Gasteiger partial charge in [-0.3, -0.25) is 0 Å². The summed E-state index contributed by atoms with van der Waals surface area (Å²) in [4.78, 5) is 13.5. The molecule has 0 aliphatic carbocycles. The molecule has 0 amide bonds. The maximum absolute atomic E-state index is 12.9. The van der Waals surface area contributed by atoms with Crippen molar-refractivity contribution in [2.75, 3.05) is 62.3 Å². The molecule has 4 rings (SSSR count). The van der Waals surface area contributed by atoms with E-state index in [0.717, 1.165) is 23.4 Å². The number of morpholine rings is 1. The Hall–Kier alpha value is -2.26. The molecule has 0 unspecified atom stereocenters. The smallest absolute Gasteiger partial charge is 0.243 e. The van der Waals surface area contributed by atoms with Gasteiger partial charge in [0.05, 0.1) is 34.2 Å². The summed E-state index contributed by atoms with van der Waals surface area (Å²) in [6, 6.07) is 8.01. The molecule has 1 aromatic heterocycles. The molecule has 158 valence electrons. The summed E-state index contributed by atoms with van der Waals surface area (Å²) in [6.45, 7) is 4.55. The molecule has 0 N–H and O–H groups in total. The molecule has 0 bridgehead atoms. The van der Waals surface area contributed by atoms with E-state index in [2.05, 4.69) is 30.7 Å². The summed E-state index contributed by atoms with van der Waals surface area (Å²) >= 11 is 3.53. The zero-order chi connectivity index (χ0) is 21.1. The monoisotopic (exact) mass is 492 g/mol. The quantitative estimate of drug-likeness (QED) is 0.631. The first kappa shape index (κ1) is 21.0. The predicted octanol–water partition coefficient (Wildman–Crippen LogP) is 1.46. The van der Waals surface area contributed by atoms with Gasteiger partial charge in [0.2, 0.25) is 16.0 Å². The van der Waals surface area contributed by atoms with Crippen molar-refractivity contribution in [2.45, 2.75) is 4.90 Å². The molecule has 3 heterocycles. The first-order chi connectivity index (χ1) is 14.5. The molecule has 2 aliphatic heterocycles. The Bertz CT molecular complexity index is 1040. The molecule has 0 spiro atoms. The van der Waals surface area contributed by atoms with Gasteiger partial charge in [0.15, 0.2) is 0 Å². The third-order valence-corrected chi connectivity index (χ3v) is 7.64. The highest BCUT2D eigenvalue weighted by Gasteiger charge is 2.30. The maximum Gasteiger partial charge on any atom is 0.243 e. The normalized spacial score (nSPS) is 18.3. The van der Waals surface area contributed by atoms with Gasteiger partial charge in [0, 0.05) is 45.5 Å². The van der Waals surface area contributed by atoms with E-state index in [-0.39, 0.29) is 4.90 Å². The summed E-state index contributed by atoms with van der Waals surface area (Å²) in [7, 11) is -3.60. The zero-order valence-corrected chi connectivity index (χ0v) is 18.6. The Kier molecular flexibility index (Phi) is 6.19. The number of hydrogen-bond acceptors (Lipinski definition) is 8. The van der Waals surface area contributed by atoms with Gasteiger partial charge in [-0.2, -0.15) is 14.6 Å². The average Bonchev–Trinajstić information content (AvgIpc) is 2.80. The van der Waals surface area contributed by atoms with Gasteiger partial charge in [-0.05, 0) is 40.2 Å². The van der Waals surface area contributed by atoms with Gasteiger partial charge < -0.3 is 14.5 Å². The van der Waals surface area contributed by atoms with Crippen LogP contribution in [-0.4, -0.2) is 75.2 Å². The minimum atomic E-state index is -3.60. The Balaban J connectivity index is 1.47. The minimum absolute atomic E-state index is 0.202. The number of anilines is 2. The van der Waals surface area contributed by atoms with Crippen LogP contribution in [0.2, 0.25) is 0 Å². The second-order valence-corrected chi connectivity index (χ2v) is 9.76. The standard InChI is InChI=1S/C19H21BrN6O3S/c20-17-14-22-19(25-9-11-29-12-10-25)23-18(17)24-5-7-26(8-6-24)30(27,28)16-3-1-15(13-21)2-4-16/h1-4,14H,5-12H2. The van der Waals surface area contributed by atoms with Crippen LogP contribution in [0.4, 0.5) is 11.8 Å². The molecule has 11 heteroatoms. The topological polar surface area (TPSA) is 103 Å². The number of piperazine rings is 1. The first-order valence-corrected chi connectivity index (χ1v) is 11.8. The van der Waals surface area contributed by atoms with Crippen molar-refractivity contribution in [3.63, 3.8) is 0 Å². The van der Waals surface area contributed by atoms with E-state index in [1.54, 1.807) is 6.20 Å². The van der Waals surface area contributed by atoms with E-state index < -0.39 is 10.0 Å². The Morgan fingerprint density at radius 1 is 1.00 bits per heavy atom. The number of benzene rings is 1. The van der Waals surface area contributed by atoms with Crippen molar-refractivity contribution in [1.29, 1.82) is 5.26 Å². The van der Waals surface area contributed by atoms with Crippen LogP contribution in [0.5, 0.6) is 0 Å². The van der Waals surface area contributed by atoms with Crippen LogP contribution < -0.4 is 9.80 Å². The Morgan fingerprint density at radius 2 is 1.67 bits per heavy atom. The van der Waals surface area contributed by atoms with E-state index in [0.29, 0.717) is 50.9 Å². The summed E-state index contributed by atoms with van der Waals surface area (Å²) in [5, 5.41) is 8.90. The number of rotatable bonds is 4. The number of aromatic nitrogens is 2. The Labute approximate surface area is 184 Å². The lowest BCUT2D eigenvalue weighted by Crippen LogP contribution is -2.49. The third-order valence-electron chi connectivity index (χ3n) is 5.17. The zero-order valence-electron chi connectivity index (χ0n) is 16.2. The van der Waals surface area contributed by atoms with Crippen LogP contribution in [0.3, 0.4) is 0 Å². The molecule has 0 saturated carbocycles. The van der Waals surface area contributed by atoms with Crippen molar-refractivity contribution in [3.05, 3.63) is 40.5 Å². The van der Waals surface area contributed by atoms with Crippen molar-refractivity contribution in [2.24, 2.45) is 0 Å². The van der Waals surface area contributed by atoms with Crippen LogP contribution in [0.15, 0.2) is 39.8 Å². The van der Waals surface area contributed by atoms with Gasteiger partial charge in [-0.25, -0.2) is 13.4 Å². The van der Waals surface area contributed by atoms with Gasteiger partial charge in [0.25, 0.3) is 0 Å². The predicted molar refractivity (Wildman–Crippen MR) is 115 cm³/mol. The molecule has 30 heavy (non-hydrogen) atoms. The summed E-state index contributed by atoms with van der Waals surface area (Å²) in [5.41, 5.74) is 0.434. The second-order valence-electron chi connectivity index (χ2n) is 6.97. The minimum Gasteiger partial charge on any atom is -0.378 e. The molecule has 0 atom stereocenters. The van der Waals surface area contributed by atoms with Crippen LogP contribution in [0, 0.1) is 11.3 Å². The van der Waals surface area contributed by atoms with Gasteiger partial charge >= 0.3 is 0 Å². The maximum atomic E-state index is 12.9. The molecule has 9 nitrogen and oxygen atoms in total. The molecule has 0 radical (unpaired) electrons. The number of nitriles is 1. The fourth-order valence-corrected chi connectivity index (χ4v) is 5.34. The number of nitrogens with zero attached hydrogens (tertiary/aromatic N) is 6. The number of ether oxygens (including phenoxy) is 1. The van der Waals surface area contributed by atoms with Crippen molar-refractivity contribution in [3.8, 4) is 6.07 Å². The number of halogens is 1. The van der Waals surface area contributed by atoms with Crippen LogP contribution >= 0.6 is 15.9 Å². The van der Waals surface area contributed by atoms with E-state index in [9.17, 15) is 8.42 Å². The highest BCUT2D eigenvalue weighted by Crippen LogP contribution is 2.28. The third kappa shape index (κ3) is 4.27. The second kappa shape index (κ2) is 8.85. The van der Waals surface area contributed by atoms with E-state index in [1.165, 1.54) is 28.6 Å². The van der Waals surface area contributed by atoms with E-state index >= 15 is 0 Å². The number of sulfonamides is 1. The van der Waals surface area contributed by atoms with Crippen LogP contribution in [0.1, 0.15) is 5.56 Å².